The number of aryl methyl sites for hydroxylation is 1. The van der Waals surface area contributed by atoms with Gasteiger partial charge in [-0.15, -0.1) is 0 Å². The Morgan fingerprint density at radius 2 is 1.83 bits per heavy atom. The van der Waals surface area contributed by atoms with Crippen LogP contribution in [0.4, 0.5) is 16.3 Å². The molecule has 0 spiro atoms. The van der Waals surface area contributed by atoms with Gasteiger partial charge in [-0.3, -0.25) is 4.68 Å². The van der Waals surface area contributed by atoms with E-state index in [9.17, 15) is 4.79 Å². The highest BCUT2D eigenvalue weighted by molar-refractivity contribution is 5.90. The molecule has 0 saturated carbocycles. The highest BCUT2D eigenvalue weighted by Crippen LogP contribution is 2.28. The van der Waals surface area contributed by atoms with Crippen LogP contribution in [0.1, 0.15) is 20.8 Å². The van der Waals surface area contributed by atoms with Crippen LogP contribution in [0.15, 0.2) is 30.5 Å². The van der Waals surface area contributed by atoms with Crippen LogP contribution in [0.3, 0.4) is 0 Å². The average Bonchev–Trinajstić information content (AvgIpc) is 3.16. The minimum Gasteiger partial charge on any atom is -0.378 e. The predicted molar refractivity (Wildman–Crippen MR) is 119 cm³/mol. The molecule has 0 unspecified atom stereocenters. The smallest absolute Gasteiger partial charge is 0.319 e. The molecule has 9 nitrogen and oxygen atoms in total. The molecule has 3 aromatic rings. The molecule has 9 heteroatoms. The maximum absolute atomic E-state index is 11.7. The summed E-state index contributed by atoms with van der Waals surface area (Å²) in [6.45, 7) is 9.38. The Morgan fingerprint density at radius 1 is 1.13 bits per heavy atom. The third kappa shape index (κ3) is 4.68. The number of anilines is 2. The Hall–Kier alpha value is -3.20. The molecule has 2 aromatic heterocycles. The van der Waals surface area contributed by atoms with Gasteiger partial charge < -0.3 is 20.3 Å². The molecular weight excluding hydrogens is 382 g/mol. The Bertz CT molecular complexity index is 979. The topological polar surface area (TPSA) is 97.2 Å². The molecule has 1 fully saturated rings. The molecule has 4 rings (SSSR count). The molecule has 1 aliphatic rings. The molecule has 0 aliphatic carbocycles. The summed E-state index contributed by atoms with van der Waals surface area (Å²) in [4.78, 5) is 23.4. The second-order valence-electron chi connectivity index (χ2n) is 6.53. The monoisotopic (exact) mass is 411 g/mol. The van der Waals surface area contributed by atoms with Crippen molar-refractivity contribution in [1.29, 1.82) is 0 Å². The highest BCUT2D eigenvalue weighted by Gasteiger charge is 2.20. The van der Waals surface area contributed by atoms with Crippen molar-refractivity contribution < 1.29 is 9.53 Å². The van der Waals surface area contributed by atoms with Crippen LogP contribution in [0.5, 0.6) is 0 Å². The van der Waals surface area contributed by atoms with Gasteiger partial charge in [0, 0.05) is 37.9 Å². The van der Waals surface area contributed by atoms with E-state index < -0.39 is 0 Å². The first-order valence-corrected chi connectivity index (χ1v) is 10.3. The Balaban J connectivity index is 0.00000124. The van der Waals surface area contributed by atoms with Crippen LogP contribution < -0.4 is 15.5 Å². The number of carbonyl (C=O) groups excluding carboxylic acids is 1. The van der Waals surface area contributed by atoms with E-state index in [2.05, 4.69) is 25.6 Å². The van der Waals surface area contributed by atoms with Gasteiger partial charge >= 0.3 is 6.03 Å². The summed E-state index contributed by atoms with van der Waals surface area (Å²) in [5.74, 6) is 1.50. The zero-order valence-electron chi connectivity index (χ0n) is 18.0. The number of rotatable bonds is 4. The van der Waals surface area contributed by atoms with Crippen LogP contribution in [0.2, 0.25) is 0 Å². The molecule has 2 N–H and O–H groups in total. The number of ether oxygens (including phenoxy) is 1. The summed E-state index contributed by atoms with van der Waals surface area (Å²) < 4.78 is 7.28. The Labute approximate surface area is 176 Å². The second-order valence-corrected chi connectivity index (χ2v) is 6.53. The summed E-state index contributed by atoms with van der Waals surface area (Å²) in [7, 11) is 1.90. The maximum atomic E-state index is 11.7. The van der Waals surface area contributed by atoms with Gasteiger partial charge in [-0.2, -0.15) is 5.10 Å². The van der Waals surface area contributed by atoms with Crippen LogP contribution >= 0.6 is 0 Å². The summed E-state index contributed by atoms with van der Waals surface area (Å²) in [5.41, 5.74) is 3.31. The van der Waals surface area contributed by atoms with Crippen molar-refractivity contribution in [2.45, 2.75) is 20.8 Å². The van der Waals surface area contributed by atoms with Crippen molar-refractivity contribution in [3.8, 4) is 11.4 Å². The van der Waals surface area contributed by atoms with Crippen molar-refractivity contribution >= 4 is 28.6 Å². The highest BCUT2D eigenvalue weighted by atomic mass is 16.5. The lowest BCUT2D eigenvalue weighted by atomic mass is 10.2. The molecule has 160 valence electrons. The van der Waals surface area contributed by atoms with Crippen LogP contribution in [0, 0.1) is 0 Å². The molecular formula is C21H29N7O2. The van der Waals surface area contributed by atoms with Crippen LogP contribution in [-0.4, -0.2) is 58.6 Å². The lowest BCUT2D eigenvalue weighted by molar-refractivity contribution is 0.122. The van der Waals surface area contributed by atoms with Gasteiger partial charge in [0.25, 0.3) is 0 Å². The number of benzene rings is 1. The fourth-order valence-electron chi connectivity index (χ4n) is 3.22. The molecule has 1 aliphatic heterocycles. The maximum Gasteiger partial charge on any atom is 0.319 e. The van der Waals surface area contributed by atoms with Gasteiger partial charge in [-0.05, 0) is 31.2 Å². The number of nitrogens with one attached hydrogen (secondary N) is 2. The number of aromatic nitrogens is 4. The van der Waals surface area contributed by atoms with E-state index in [4.69, 9.17) is 9.72 Å². The molecule has 30 heavy (non-hydrogen) atoms. The number of urea groups is 1. The molecule has 0 radical (unpaired) electrons. The summed E-state index contributed by atoms with van der Waals surface area (Å²) in [6.07, 6.45) is 1.76. The molecule has 1 aromatic carbocycles. The summed E-state index contributed by atoms with van der Waals surface area (Å²) in [6, 6.07) is 7.27. The third-order valence-corrected chi connectivity index (χ3v) is 4.62. The number of hydrogen-bond acceptors (Lipinski definition) is 6. The quantitative estimate of drug-likeness (QED) is 0.685. The van der Waals surface area contributed by atoms with E-state index in [1.807, 2.05) is 56.8 Å². The summed E-state index contributed by atoms with van der Waals surface area (Å²) >= 11 is 0. The number of amides is 2. The van der Waals surface area contributed by atoms with Gasteiger partial charge in [0.15, 0.2) is 11.6 Å². The van der Waals surface area contributed by atoms with Crippen molar-refractivity contribution in [1.82, 2.24) is 25.1 Å². The molecule has 0 atom stereocenters. The number of fused-ring (bicyclic) bond motifs is 1. The SMILES string of the molecule is CC.CCNC(=O)Nc1ccc(-c2nc(N3CCOCC3)c3c(cnn3C)n2)cc1. The Morgan fingerprint density at radius 3 is 2.50 bits per heavy atom. The number of carbonyl (C=O) groups is 1. The van der Waals surface area contributed by atoms with E-state index in [0.717, 1.165) is 35.5 Å². The fraction of sp³-hybridized carbons (Fsp3) is 0.429. The largest absolute Gasteiger partial charge is 0.378 e. The first kappa shape index (κ1) is 21.5. The van der Waals surface area contributed by atoms with Crippen molar-refractivity contribution in [3.63, 3.8) is 0 Å². The molecule has 1 saturated heterocycles. The van der Waals surface area contributed by atoms with Crippen molar-refractivity contribution in [2.24, 2.45) is 7.05 Å². The van der Waals surface area contributed by atoms with Crippen LogP contribution in [-0.2, 0) is 11.8 Å². The van der Waals surface area contributed by atoms with E-state index in [-0.39, 0.29) is 6.03 Å². The fourth-order valence-corrected chi connectivity index (χ4v) is 3.22. The minimum absolute atomic E-state index is 0.224. The number of hydrogen-bond donors (Lipinski definition) is 2. The van der Waals surface area contributed by atoms with Gasteiger partial charge in [-0.1, -0.05) is 13.8 Å². The van der Waals surface area contributed by atoms with E-state index in [1.54, 1.807) is 6.20 Å². The van der Waals surface area contributed by atoms with E-state index >= 15 is 0 Å². The zero-order valence-corrected chi connectivity index (χ0v) is 18.0. The van der Waals surface area contributed by atoms with Gasteiger partial charge in [0.2, 0.25) is 0 Å². The standard InChI is InChI=1S/C19H23N7O2.C2H6/c1-3-20-19(27)22-14-6-4-13(5-7-14)17-23-15-12-21-25(2)16(15)18(24-17)26-8-10-28-11-9-26;1-2/h4-7,12H,3,8-11H2,1-2H3,(H2,20,22,27);1-2H3. The minimum atomic E-state index is -0.224. The van der Waals surface area contributed by atoms with Crippen molar-refractivity contribution in [3.05, 3.63) is 30.5 Å². The first-order chi connectivity index (χ1) is 14.7. The Kier molecular flexibility index (Phi) is 7.18. The lowest BCUT2D eigenvalue weighted by Crippen LogP contribution is -2.37. The molecule has 3 heterocycles. The molecule has 0 bridgehead atoms. The first-order valence-electron chi connectivity index (χ1n) is 10.3. The van der Waals surface area contributed by atoms with Gasteiger partial charge in [0.1, 0.15) is 11.0 Å². The van der Waals surface area contributed by atoms with Gasteiger partial charge in [-0.25, -0.2) is 14.8 Å². The predicted octanol–water partition coefficient (Wildman–Crippen LogP) is 3.03. The van der Waals surface area contributed by atoms with Crippen LogP contribution in [0.25, 0.3) is 22.4 Å². The second kappa shape index (κ2) is 10.0. The normalized spacial score (nSPS) is 13.5. The lowest BCUT2D eigenvalue weighted by Gasteiger charge is -2.28. The number of morpholine rings is 1. The average molecular weight is 412 g/mol. The third-order valence-electron chi connectivity index (χ3n) is 4.62. The van der Waals surface area contributed by atoms with E-state index in [1.165, 1.54) is 0 Å². The van der Waals surface area contributed by atoms with E-state index in [0.29, 0.717) is 31.3 Å². The summed E-state index contributed by atoms with van der Waals surface area (Å²) in [5, 5.41) is 9.85. The number of nitrogens with zero attached hydrogens (tertiary/aromatic N) is 5. The van der Waals surface area contributed by atoms with Gasteiger partial charge in [0.05, 0.1) is 19.4 Å². The zero-order chi connectivity index (χ0) is 21.5. The van der Waals surface area contributed by atoms with Crippen molar-refractivity contribution in [2.75, 3.05) is 43.1 Å². The molecule has 2 amide bonds.